The number of nitrogens with one attached hydrogen (secondary N) is 1. The lowest BCUT2D eigenvalue weighted by Crippen LogP contribution is -2.35. The van der Waals surface area contributed by atoms with Crippen LogP contribution in [0, 0.1) is 0 Å². The van der Waals surface area contributed by atoms with Gasteiger partial charge in [-0.2, -0.15) is 0 Å². The van der Waals surface area contributed by atoms with Crippen LogP contribution < -0.4 is 5.32 Å². The zero-order valence-electron chi connectivity index (χ0n) is 13.6. The number of hydrogen-bond donors (Lipinski definition) is 1. The monoisotopic (exact) mass is 338 g/mol. The fraction of sp³-hybridized carbons (Fsp3) is 0.278. The molecule has 1 fully saturated rings. The summed E-state index contributed by atoms with van der Waals surface area (Å²) in [6, 6.07) is 10.7. The number of carbonyl (C=O) groups is 1. The third-order valence-corrected chi connectivity index (χ3v) is 4.18. The second-order valence-electron chi connectivity index (χ2n) is 5.90. The zero-order valence-corrected chi connectivity index (χ0v) is 13.6. The molecule has 1 aromatic carbocycles. The van der Waals surface area contributed by atoms with E-state index in [1.807, 2.05) is 12.1 Å². The van der Waals surface area contributed by atoms with Crippen molar-refractivity contribution in [1.82, 2.24) is 15.0 Å². The SMILES string of the molecule is O=C(Nc1ccc2onc(CN3CCOCC3)c2c1)c1ccccn1. The van der Waals surface area contributed by atoms with Crippen molar-refractivity contribution in [1.29, 1.82) is 0 Å². The Bertz CT molecular complexity index is 872. The van der Waals surface area contributed by atoms with Crippen molar-refractivity contribution in [3.05, 3.63) is 54.0 Å². The van der Waals surface area contributed by atoms with Crippen LogP contribution in [0.25, 0.3) is 11.0 Å². The third kappa shape index (κ3) is 3.52. The quantitative estimate of drug-likeness (QED) is 0.786. The third-order valence-electron chi connectivity index (χ3n) is 4.18. The summed E-state index contributed by atoms with van der Waals surface area (Å²) in [5.41, 5.74) is 2.64. The van der Waals surface area contributed by atoms with E-state index in [1.165, 1.54) is 0 Å². The van der Waals surface area contributed by atoms with Crippen LogP contribution in [0.1, 0.15) is 16.2 Å². The van der Waals surface area contributed by atoms with Crippen LogP contribution in [0.5, 0.6) is 0 Å². The van der Waals surface area contributed by atoms with E-state index in [4.69, 9.17) is 9.26 Å². The lowest BCUT2D eigenvalue weighted by Gasteiger charge is -2.25. The van der Waals surface area contributed by atoms with Crippen molar-refractivity contribution in [2.24, 2.45) is 0 Å². The molecule has 0 aliphatic carbocycles. The summed E-state index contributed by atoms with van der Waals surface area (Å²) in [7, 11) is 0. The first-order valence-corrected chi connectivity index (χ1v) is 8.20. The Kier molecular flexibility index (Phi) is 4.41. The molecule has 0 radical (unpaired) electrons. The van der Waals surface area contributed by atoms with Crippen molar-refractivity contribution in [3.8, 4) is 0 Å². The molecule has 1 saturated heterocycles. The Labute approximate surface area is 144 Å². The van der Waals surface area contributed by atoms with Crippen molar-refractivity contribution in [3.63, 3.8) is 0 Å². The Morgan fingerprint density at radius 3 is 2.88 bits per heavy atom. The standard InChI is InChI=1S/C18H18N4O3/c23-18(15-3-1-2-6-19-15)20-13-4-5-17-14(11-13)16(21-25-17)12-22-7-9-24-10-8-22/h1-6,11H,7-10,12H2,(H,20,23). The second kappa shape index (κ2) is 7.00. The van der Waals surface area contributed by atoms with E-state index in [-0.39, 0.29) is 5.91 Å². The molecule has 1 aliphatic rings. The predicted octanol–water partition coefficient (Wildman–Crippen LogP) is 2.31. The Hall–Kier alpha value is -2.77. The molecule has 1 amide bonds. The number of ether oxygens (including phenoxy) is 1. The van der Waals surface area contributed by atoms with Gasteiger partial charge in [0.25, 0.3) is 5.91 Å². The molecule has 1 N–H and O–H groups in total. The van der Waals surface area contributed by atoms with Crippen molar-refractivity contribution >= 4 is 22.6 Å². The molecule has 25 heavy (non-hydrogen) atoms. The average Bonchev–Trinajstić information content (AvgIpc) is 3.05. The van der Waals surface area contributed by atoms with Crippen molar-refractivity contribution < 1.29 is 14.1 Å². The van der Waals surface area contributed by atoms with Crippen LogP contribution in [0.4, 0.5) is 5.69 Å². The molecule has 0 unspecified atom stereocenters. The molecule has 0 atom stereocenters. The van der Waals surface area contributed by atoms with Crippen LogP contribution in [0.2, 0.25) is 0 Å². The maximum Gasteiger partial charge on any atom is 0.274 e. The fourth-order valence-electron chi connectivity index (χ4n) is 2.84. The van der Waals surface area contributed by atoms with Crippen molar-refractivity contribution in [2.45, 2.75) is 6.54 Å². The van der Waals surface area contributed by atoms with Gasteiger partial charge >= 0.3 is 0 Å². The number of rotatable bonds is 4. The van der Waals surface area contributed by atoms with Gasteiger partial charge in [0.2, 0.25) is 0 Å². The molecule has 0 bridgehead atoms. The Balaban J connectivity index is 1.54. The van der Waals surface area contributed by atoms with Gasteiger partial charge in [0, 0.05) is 36.9 Å². The molecule has 0 saturated carbocycles. The zero-order chi connectivity index (χ0) is 17.1. The highest BCUT2D eigenvalue weighted by Crippen LogP contribution is 2.24. The van der Waals surface area contributed by atoms with E-state index in [1.54, 1.807) is 30.5 Å². The lowest BCUT2D eigenvalue weighted by atomic mass is 10.1. The highest BCUT2D eigenvalue weighted by molar-refractivity contribution is 6.03. The van der Waals surface area contributed by atoms with Gasteiger partial charge in [0.05, 0.1) is 13.2 Å². The first kappa shape index (κ1) is 15.7. The maximum atomic E-state index is 12.3. The number of hydrogen-bond acceptors (Lipinski definition) is 6. The topological polar surface area (TPSA) is 80.5 Å². The van der Waals surface area contributed by atoms with Crippen LogP contribution in [0.15, 0.2) is 47.1 Å². The van der Waals surface area contributed by atoms with Gasteiger partial charge in [-0.05, 0) is 30.3 Å². The number of anilines is 1. The smallest absolute Gasteiger partial charge is 0.274 e. The summed E-state index contributed by atoms with van der Waals surface area (Å²) in [5, 5.41) is 7.96. The van der Waals surface area contributed by atoms with E-state index in [0.29, 0.717) is 23.5 Å². The molecule has 1 aliphatic heterocycles. The Morgan fingerprint density at radius 2 is 2.08 bits per heavy atom. The first-order chi connectivity index (χ1) is 12.3. The lowest BCUT2D eigenvalue weighted by molar-refractivity contribution is 0.0334. The van der Waals surface area contributed by atoms with Gasteiger partial charge in [-0.25, -0.2) is 0 Å². The number of carbonyl (C=O) groups excluding carboxylic acids is 1. The number of pyridine rings is 1. The first-order valence-electron chi connectivity index (χ1n) is 8.20. The van der Waals surface area contributed by atoms with Gasteiger partial charge in [-0.1, -0.05) is 11.2 Å². The summed E-state index contributed by atoms with van der Waals surface area (Å²) >= 11 is 0. The van der Waals surface area contributed by atoms with Gasteiger partial charge < -0.3 is 14.6 Å². The van der Waals surface area contributed by atoms with Gasteiger partial charge in [-0.15, -0.1) is 0 Å². The number of amides is 1. The van der Waals surface area contributed by atoms with Gasteiger partial charge in [0.15, 0.2) is 5.58 Å². The molecule has 7 heteroatoms. The molecule has 2 aromatic heterocycles. The van der Waals surface area contributed by atoms with Crippen LogP contribution >= 0.6 is 0 Å². The van der Waals surface area contributed by atoms with Crippen LogP contribution in [-0.2, 0) is 11.3 Å². The molecule has 4 rings (SSSR count). The molecular formula is C18H18N4O3. The Morgan fingerprint density at radius 1 is 1.20 bits per heavy atom. The number of morpholine rings is 1. The summed E-state index contributed by atoms with van der Waals surface area (Å²) in [5.74, 6) is -0.244. The van der Waals surface area contributed by atoms with Crippen LogP contribution in [-0.4, -0.2) is 47.3 Å². The number of nitrogens with zero attached hydrogens (tertiary/aromatic N) is 3. The minimum Gasteiger partial charge on any atom is -0.379 e. The van der Waals surface area contributed by atoms with E-state index >= 15 is 0 Å². The number of aromatic nitrogens is 2. The summed E-state index contributed by atoms with van der Waals surface area (Å²) < 4.78 is 10.8. The predicted molar refractivity (Wildman–Crippen MR) is 92.3 cm³/mol. The van der Waals surface area contributed by atoms with E-state index in [2.05, 4.69) is 20.4 Å². The molecular weight excluding hydrogens is 320 g/mol. The van der Waals surface area contributed by atoms with E-state index in [0.717, 1.165) is 37.4 Å². The number of fused-ring (bicyclic) bond motifs is 1. The molecule has 0 spiro atoms. The summed E-state index contributed by atoms with van der Waals surface area (Å²) in [6.45, 7) is 3.94. The second-order valence-corrected chi connectivity index (χ2v) is 5.90. The van der Waals surface area contributed by atoms with E-state index < -0.39 is 0 Å². The highest BCUT2D eigenvalue weighted by atomic mass is 16.5. The normalized spacial score (nSPS) is 15.4. The van der Waals surface area contributed by atoms with Gasteiger partial charge in [0.1, 0.15) is 11.4 Å². The molecule has 3 heterocycles. The molecule has 3 aromatic rings. The average molecular weight is 338 g/mol. The summed E-state index contributed by atoms with van der Waals surface area (Å²) in [6.07, 6.45) is 1.60. The van der Waals surface area contributed by atoms with Crippen molar-refractivity contribution in [2.75, 3.05) is 31.6 Å². The maximum absolute atomic E-state index is 12.3. The minimum absolute atomic E-state index is 0.244. The van der Waals surface area contributed by atoms with Crippen LogP contribution in [0.3, 0.4) is 0 Å². The minimum atomic E-state index is -0.244. The number of benzene rings is 1. The van der Waals surface area contributed by atoms with Gasteiger partial charge in [-0.3, -0.25) is 14.7 Å². The van der Waals surface area contributed by atoms with E-state index in [9.17, 15) is 4.79 Å². The molecule has 128 valence electrons. The molecule has 7 nitrogen and oxygen atoms in total. The largest absolute Gasteiger partial charge is 0.379 e. The summed E-state index contributed by atoms with van der Waals surface area (Å²) in [4.78, 5) is 18.6. The fourth-order valence-corrected chi connectivity index (χ4v) is 2.84. The highest BCUT2D eigenvalue weighted by Gasteiger charge is 2.16.